The quantitative estimate of drug-likeness (QED) is 0.868. The Kier molecular flexibility index (Phi) is 4.24. The van der Waals surface area contributed by atoms with Crippen LogP contribution in [0.25, 0.3) is 0 Å². The van der Waals surface area contributed by atoms with E-state index in [2.05, 4.69) is 42.8 Å². The van der Waals surface area contributed by atoms with E-state index in [-0.39, 0.29) is 17.7 Å². The third-order valence-corrected chi connectivity index (χ3v) is 5.06. The van der Waals surface area contributed by atoms with Crippen LogP contribution in [0.4, 0.5) is 0 Å². The lowest BCUT2D eigenvalue weighted by atomic mass is 10.0. The van der Waals surface area contributed by atoms with Gasteiger partial charge in [0.2, 0.25) is 5.91 Å². The molecule has 4 nitrogen and oxygen atoms in total. The molecule has 0 aromatic heterocycles. The largest absolute Gasteiger partial charge is 0.373 e. The third kappa shape index (κ3) is 3.10. The lowest BCUT2D eigenvalue weighted by molar-refractivity contribution is -0.131. The first-order chi connectivity index (χ1) is 10.1. The molecule has 21 heavy (non-hydrogen) atoms. The molecule has 0 spiro atoms. The first-order valence-electron chi connectivity index (χ1n) is 7.42. The van der Waals surface area contributed by atoms with Gasteiger partial charge in [0, 0.05) is 11.5 Å². The molecule has 3 rings (SSSR count). The van der Waals surface area contributed by atoms with E-state index >= 15 is 0 Å². The number of hydrogen-bond acceptors (Lipinski definition) is 4. The molecule has 5 heteroatoms. The van der Waals surface area contributed by atoms with Crippen molar-refractivity contribution in [3.63, 3.8) is 0 Å². The van der Waals surface area contributed by atoms with Crippen LogP contribution >= 0.6 is 11.8 Å². The number of ether oxygens (including phenoxy) is 1. The van der Waals surface area contributed by atoms with E-state index in [9.17, 15) is 4.79 Å². The maximum atomic E-state index is 12.2. The van der Waals surface area contributed by atoms with Crippen LogP contribution in [0.3, 0.4) is 0 Å². The van der Waals surface area contributed by atoms with Crippen molar-refractivity contribution in [3.8, 4) is 0 Å². The Balaban J connectivity index is 1.78. The molecule has 1 aromatic rings. The summed E-state index contributed by atoms with van der Waals surface area (Å²) in [5.41, 5.74) is 0.944. The number of thioether (sulfide) groups is 1. The molecule has 2 unspecified atom stereocenters. The van der Waals surface area contributed by atoms with Crippen LogP contribution in [-0.2, 0) is 9.53 Å². The number of carbonyl (C=O) groups excluding carboxylic acids is 1. The fraction of sp³-hybridized carbons (Fsp3) is 0.562. The number of nitrogens with zero attached hydrogens (tertiary/aromatic N) is 1. The first-order valence-corrected chi connectivity index (χ1v) is 8.65. The minimum absolute atomic E-state index is 0.0329. The fourth-order valence-corrected chi connectivity index (χ4v) is 3.53. The van der Waals surface area contributed by atoms with E-state index in [1.165, 1.54) is 4.90 Å². The highest BCUT2D eigenvalue weighted by molar-refractivity contribution is 7.98. The van der Waals surface area contributed by atoms with Crippen molar-refractivity contribution in [1.29, 1.82) is 0 Å². The van der Waals surface area contributed by atoms with Crippen molar-refractivity contribution in [2.45, 2.75) is 36.4 Å². The normalized spacial score (nSPS) is 29.3. The Hall–Kier alpha value is -1.04. The summed E-state index contributed by atoms with van der Waals surface area (Å²) in [6.45, 7) is 3.98. The van der Waals surface area contributed by atoms with E-state index in [4.69, 9.17) is 4.74 Å². The van der Waals surface area contributed by atoms with Gasteiger partial charge in [0.25, 0.3) is 0 Å². The SMILES string of the molecule is CSc1ccc(C2NCC(=O)N2CC2(C)CCCO2)cc1. The molecule has 2 saturated heterocycles. The smallest absolute Gasteiger partial charge is 0.238 e. The minimum atomic E-state index is -0.195. The fourth-order valence-electron chi connectivity index (χ4n) is 3.13. The van der Waals surface area contributed by atoms with Gasteiger partial charge in [0.15, 0.2) is 0 Å². The van der Waals surface area contributed by atoms with Crippen LogP contribution in [0.15, 0.2) is 29.2 Å². The van der Waals surface area contributed by atoms with Gasteiger partial charge in [-0.25, -0.2) is 0 Å². The molecule has 0 aliphatic carbocycles. The predicted molar refractivity (Wildman–Crippen MR) is 84.3 cm³/mol. The molecule has 0 radical (unpaired) electrons. The van der Waals surface area contributed by atoms with Crippen molar-refractivity contribution >= 4 is 17.7 Å². The second-order valence-corrected chi connectivity index (χ2v) is 6.86. The molecular weight excluding hydrogens is 284 g/mol. The summed E-state index contributed by atoms with van der Waals surface area (Å²) < 4.78 is 5.85. The highest BCUT2D eigenvalue weighted by Gasteiger charge is 2.39. The first kappa shape index (κ1) is 14.9. The molecule has 2 aliphatic rings. The van der Waals surface area contributed by atoms with E-state index < -0.39 is 0 Å². The highest BCUT2D eigenvalue weighted by Crippen LogP contribution is 2.31. The Morgan fingerprint density at radius 2 is 2.19 bits per heavy atom. The van der Waals surface area contributed by atoms with Gasteiger partial charge in [-0.1, -0.05) is 12.1 Å². The lowest BCUT2D eigenvalue weighted by Gasteiger charge is -2.33. The Morgan fingerprint density at radius 1 is 1.43 bits per heavy atom. The number of nitrogens with one attached hydrogen (secondary N) is 1. The van der Waals surface area contributed by atoms with Gasteiger partial charge in [-0.05, 0) is 43.7 Å². The van der Waals surface area contributed by atoms with E-state index in [1.54, 1.807) is 11.8 Å². The zero-order chi connectivity index (χ0) is 14.9. The number of hydrogen-bond donors (Lipinski definition) is 1. The number of benzene rings is 1. The maximum Gasteiger partial charge on any atom is 0.238 e. The van der Waals surface area contributed by atoms with Crippen molar-refractivity contribution in [1.82, 2.24) is 10.2 Å². The zero-order valence-electron chi connectivity index (χ0n) is 12.6. The van der Waals surface area contributed by atoms with Crippen LogP contribution < -0.4 is 5.32 Å². The molecule has 2 heterocycles. The topological polar surface area (TPSA) is 41.6 Å². The van der Waals surface area contributed by atoms with Crippen LogP contribution in [0.2, 0.25) is 0 Å². The van der Waals surface area contributed by atoms with Gasteiger partial charge in [0.1, 0.15) is 6.17 Å². The van der Waals surface area contributed by atoms with Gasteiger partial charge in [-0.3, -0.25) is 10.1 Å². The van der Waals surface area contributed by atoms with E-state index in [0.29, 0.717) is 13.1 Å². The predicted octanol–water partition coefficient (Wildman–Crippen LogP) is 2.41. The van der Waals surface area contributed by atoms with Gasteiger partial charge in [-0.2, -0.15) is 0 Å². The number of rotatable bonds is 4. The average Bonchev–Trinajstić information content (AvgIpc) is 3.07. The second kappa shape index (κ2) is 5.99. The molecule has 0 saturated carbocycles. The summed E-state index contributed by atoms with van der Waals surface area (Å²) in [4.78, 5) is 15.4. The van der Waals surface area contributed by atoms with Gasteiger partial charge in [-0.15, -0.1) is 11.8 Å². The lowest BCUT2D eigenvalue weighted by Crippen LogP contribution is -2.43. The molecule has 1 aromatic carbocycles. The summed E-state index contributed by atoms with van der Waals surface area (Å²) in [6, 6.07) is 8.42. The van der Waals surface area contributed by atoms with E-state index in [1.807, 2.05) is 4.90 Å². The van der Waals surface area contributed by atoms with Crippen molar-refractivity contribution in [3.05, 3.63) is 29.8 Å². The van der Waals surface area contributed by atoms with Crippen molar-refractivity contribution < 1.29 is 9.53 Å². The molecule has 2 atom stereocenters. The number of amides is 1. The summed E-state index contributed by atoms with van der Waals surface area (Å²) in [6.07, 6.45) is 4.14. The summed E-state index contributed by atoms with van der Waals surface area (Å²) in [5, 5.41) is 3.32. The summed E-state index contributed by atoms with van der Waals surface area (Å²) >= 11 is 1.73. The zero-order valence-corrected chi connectivity index (χ0v) is 13.4. The van der Waals surface area contributed by atoms with Crippen LogP contribution in [-0.4, -0.2) is 42.4 Å². The molecule has 0 bridgehead atoms. The standard InChI is InChI=1S/C16H22N2O2S/c1-16(8-3-9-20-16)11-18-14(19)10-17-15(18)12-4-6-13(21-2)7-5-12/h4-7,15,17H,3,8-11H2,1-2H3. The van der Waals surface area contributed by atoms with E-state index in [0.717, 1.165) is 25.0 Å². The van der Waals surface area contributed by atoms with Crippen molar-refractivity contribution in [2.24, 2.45) is 0 Å². The second-order valence-electron chi connectivity index (χ2n) is 5.98. The van der Waals surface area contributed by atoms with Crippen LogP contribution in [0, 0.1) is 0 Å². The number of carbonyl (C=O) groups is 1. The van der Waals surface area contributed by atoms with Gasteiger partial charge in [0.05, 0.1) is 18.7 Å². The molecule has 1 N–H and O–H groups in total. The molecule has 2 aliphatic heterocycles. The Morgan fingerprint density at radius 3 is 2.81 bits per heavy atom. The third-order valence-electron chi connectivity index (χ3n) is 4.32. The minimum Gasteiger partial charge on any atom is -0.373 e. The van der Waals surface area contributed by atoms with Gasteiger partial charge < -0.3 is 9.64 Å². The monoisotopic (exact) mass is 306 g/mol. The average molecular weight is 306 g/mol. The summed E-state index contributed by atoms with van der Waals surface area (Å²) in [5.74, 6) is 0.158. The van der Waals surface area contributed by atoms with Crippen molar-refractivity contribution in [2.75, 3.05) is 26.0 Å². The summed E-state index contributed by atoms with van der Waals surface area (Å²) in [7, 11) is 0. The molecule has 1 amide bonds. The molecule has 114 valence electrons. The van der Waals surface area contributed by atoms with Gasteiger partial charge >= 0.3 is 0 Å². The maximum absolute atomic E-state index is 12.2. The Labute approximate surface area is 130 Å². The van der Waals surface area contributed by atoms with Crippen LogP contribution in [0.1, 0.15) is 31.5 Å². The molecular formula is C16H22N2O2S. The Bertz CT molecular complexity index is 512. The highest BCUT2D eigenvalue weighted by atomic mass is 32.2. The van der Waals surface area contributed by atoms with Crippen LogP contribution in [0.5, 0.6) is 0 Å². The molecule has 2 fully saturated rings.